The Hall–Kier alpha value is -2.61. The van der Waals surface area contributed by atoms with Crippen LogP contribution in [0.25, 0.3) is 5.69 Å². The molecular formula is C16H17N3O4S. The van der Waals surface area contributed by atoms with E-state index in [0.29, 0.717) is 28.5 Å². The van der Waals surface area contributed by atoms with Crippen molar-refractivity contribution < 1.29 is 17.7 Å². The van der Waals surface area contributed by atoms with Gasteiger partial charge < -0.3 is 9.26 Å². The quantitative estimate of drug-likeness (QED) is 0.704. The summed E-state index contributed by atoms with van der Waals surface area (Å²) in [7, 11) is -2.11. The molecule has 2 heterocycles. The summed E-state index contributed by atoms with van der Waals surface area (Å²) in [5.74, 6) is 0.917. The third-order valence-corrected chi connectivity index (χ3v) is 5.26. The molecule has 24 heavy (non-hydrogen) atoms. The lowest BCUT2D eigenvalue weighted by Gasteiger charge is -2.10. The van der Waals surface area contributed by atoms with E-state index in [2.05, 4.69) is 10.1 Å². The Morgan fingerprint density at radius 3 is 2.75 bits per heavy atom. The molecule has 0 aliphatic rings. The highest BCUT2D eigenvalue weighted by molar-refractivity contribution is 7.90. The number of methoxy groups -OCH3 is 1. The molecule has 7 nitrogen and oxygen atoms in total. The molecule has 3 rings (SSSR count). The van der Waals surface area contributed by atoms with Crippen molar-refractivity contribution in [3.63, 3.8) is 0 Å². The maximum Gasteiger partial charge on any atom is 0.232 e. The van der Waals surface area contributed by atoms with Crippen molar-refractivity contribution >= 4 is 9.84 Å². The fraction of sp³-hybridized carbons (Fsp3) is 0.250. The predicted molar refractivity (Wildman–Crippen MR) is 87.0 cm³/mol. The molecule has 0 atom stereocenters. The van der Waals surface area contributed by atoms with Crippen molar-refractivity contribution in [1.29, 1.82) is 0 Å². The summed E-state index contributed by atoms with van der Waals surface area (Å²) >= 11 is 0. The molecule has 126 valence electrons. The second-order valence-corrected chi connectivity index (χ2v) is 7.23. The van der Waals surface area contributed by atoms with Gasteiger partial charge in [0.1, 0.15) is 11.5 Å². The number of rotatable bonds is 5. The third kappa shape index (κ3) is 2.92. The number of hydrogen-bond acceptors (Lipinski definition) is 6. The summed E-state index contributed by atoms with van der Waals surface area (Å²) in [6, 6.07) is 7.12. The molecule has 0 saturated heterocycles. The van der Waals surface area contributed by atoms with Crippen molar-refractivity contribution in [3.8, 4) is 11.4 Å². The van der Waals surface area contributed by atoms with Crippen molar-refractivity contribution in [2.45, 2.75) is 24.8 Å². The summed E-state index contributed by atoms with van der Waals surface area (Å²) in [5, 5.41) is 3.77. The van der Waals surface area contributed by atoms with Crippen LogP contribution in [0.1, 0.15) is 17.0 Å². The predicted octanol–water partition coefficient (Wildman–Crippen LogP) is 2.46. The number of hydrogen-bond donors (Lipinski definition) is 0. The molecule has 3 aromatic rings. The van der Waals surface area contributed by atoms with Gasteiger partial charge in [0, 0.05) is 24.0 Å². The molecule has 8 heteroatoms. The first-order valence-corrected chi connectivity index (χ1v) is 8.90. The second-order valence-electron chi connectivity index (χ2n) is 5.34. The maximum absolute atomic E-state index is 12.8. The molecule has 0 amide bonds. The Bertz CT molecular complexity index is 953. The van der Waals surface area contributed by atoms with Gasteiger partial charge in [-0.2, -0.15) is 0 Å². The molecular weight excluding hydrogens is 330 g/mol. The van der Waals surface area contributed by atoms with E-state index in [-0.39, 0.29) is 10.9 Å². The molecule has 0 unspecified atom stereocenters. The average Bonchev–Trinajstić information content (AvgIpc) is 3.18. The molecule has 0 spiro atoms. The molecule has 0 fully saturated rings. The minimum Gasteiger partial charge on any atom is -0.497 e. The summed E-state index contributed by atoms with van der Waals surface area (Å²) in [6.45, 7) is 3.41. The average molecular weight is 347 g/mol. The summed E-state index contributed by atoms with van der Waals surface area (Å²) in [4.78, 5) is 4.04. The van der Waals surface area contributed by atoms with E-state index in [1.54, 1.807) is 51.4 Å². The standard InChI is InChI=1S/C16H17N3O4S/c1-11-15(12(2)23-18-11)10-24(20,21)16-17-7-8-19(16)13-5-4-6-14(9-13)22-3/h4-9H,10H2,1-3H3. The largest absolute Gasteiger partial charge is 0.497 e. The highest BCUT2D eigenvalue weighted by atomic mass is 32.2. The first-order chi connectivity index (χ1) is 11.4. The third-order valence-electron chi connectivity index (χ3n) is 3.73. The van der Waals surface area contributed by atoms with Crippen LogP contribution in [0.4, 0.5) is 0 Å². The molecule has 0 N–H and O–H groups in total. The fourth-order valence-corrected chi connectivity index (χ4v) is 4.05. The van der Waals surface area contributed by atoms with Crippen LogP contribution in [-0.2, 0) is 15.6 Å². The monoisotopic (exact) mass is 347 g/mol. The Morgan fingerprint density at radius 2 is 2.08 bits per heavy atom. The molecule has 0 aliphatic heterocycles. The van der Waals surface area contributed by atoms with Crippen LogP contribution in [0.3, 0.4) is 0 Å². The van der Waals surface area contributed by atoms with Gasteiger partial charge in [-0.05, 0) is 26.0 Å². The van der Waals surface area contributed by atoms with Crippen LogP contribution in [0.2, 0.25) is 0 Å². The van der Waals surface area contributed by atoms with E-state index in [1.165, 1.54) is 10.8 Å². The van der Waals surface area contributed by atoms with Gasteiger partial charge >= 0.3 is 0 Å². The minimum atomic E-state index is -3.67. The van der Waals surface area contributed by atoms with Gasteiger partial charge in [-0.1, -0.05) is 11.2 Å². The minimum absolute atomic E-state index is 0.0317. The zero-order valence-electron chi connectivity index (χ0n) is 13.6. The van der Waals surface area contributed by atoms with Gasteiger partial charge in [0.05, 0.1) is 24.2 Å². The van der Waals surface area contributed by atoms with Crippen LogP contribution < -0.4 is 4.74 Å². The number of aryl methyl sites for hydroxylation is 2. The first kappa shape index (κ1) is 16.3. The van der Waals surface area contributed by atoms with Crippen LogP contribution in [0, 0.1) is 13.8 Å². The lowest BCUT2D eigenvalue weighted by atomic mass is 10.2. The van der Waals surface area contributed by atoms with Crippen LogP contribution in [-0.4, -0.2) is 30.2 Å². The Kier molecular flexibility index (Phi) is 4.15. The zero-order valence-corrected chi connectivity index (χ0v) is 14.4. The summed E-state index contributed by atoms with van der Waals surface area (Å²) < 4.78 is 37.4. The fourth-order valence-electron chi connectivity index (χ4n) is 2.44. The van der Waals surface area contributed by atoms with Gasteiger partial charge in [-0.15, -0.1) is 0 Å². The highest BCUT2D eigenvalue weighted by Gasteiger charge is 2.25. The molecule has 0 saturated carbocycles. The Balaban J connectivity index is 2.03. The first-order valence-electron chi connectivity index (χ1n) is 7.24. The van der Waals surface area contributed by atoms with E-state index in [0.717, 1.165) is 0 Å². The number of imidazole rings is 1. The van der Waals surface area contributed by atoms with Gasteiger partial charge in [-0.3, -0.25) is 4.57 Å². The van der Waals surface area contributed by atoms with E-state index >= 15 is 0 Å². The normalized spacial score (nSPS) is 11.6. The van der Waals surface area contributed by atoms with Crippen LogP contribution >= 0.6 is 0 Å². The van der Waals surface area contributed by atoms with Crippen molar-refractivity contribution in [3.05, 3.63) is 53.7 Å². The smallest absolute Gasteiger partial charge is 0.232 e. The van der Waals surface area contributed by atoms with Gasteiger partial charge in [-0.25, -0.2) is 13.4 Å². The van der Waals surface area contributed by atoms with Crippen LogP contribution in [0.15, 0.2) is 46.3 Å². The van der Waals surface area contributed by atoms with E-state index in [9.17, 15) is 8.42 Å². The molecule has 2 aromatic heterocycles. The maximum atomic E-state index is 12.8. The Morgan fingerprint density at radius 1 is 1.29 bits per heavy atom. The number of sulfone groups is 1. The van der Waals surface area contributed by atoms with Crippen molar-refractivity contribution in [2.24, 2.45) is 0 Å². The van der Waals surface area contributed by atoms with E-state index in [1.807, 2.05) is 0 Å². The number of benzene rings is 1. The molecule has 1 aromatic carbocycles. The van der Waals surface area contributed by atoms with Gasteiger partial charge in [0.2, 0.25) is 15.0 Å². The van der Waals surface area contributed by atoms with Crippen LogP contribution in [0.5, 0.6) is 5.75 Å². The lowest BCUT2D eigenvalue weighted by molar-refractivity contribution is 0.392. The van der Waals surface area contributed by atoms with Crippen molar-refractivity contribution in [2.75, 3.05) is 7.11 Å². The second kappa shape index (κ2) is 6.12. The Labute approximate surface area is 139 Å². The highest BCUT2D eigenvalue weighted by Crippen LogP contribution is 2.24. The van der Waals surface area contributed by atoms with Crippen molar-refractivity contribution in [1.82, 2.24) is 14.7 Å². The van der Waals surface area contributed by atoms with E-state index < -0.39 is 9.84 Å². The van der Waals surface area contributed by atoms with Gasteiger partial charge in [0.25, 0.3) is 0 Å². The zero-order chi connectivity index (χ0) is 17.3. The lowest BCUT2D eigenvalue weighted by Crippen LogP contribution is -2.12. The topological polar surface area (TPSA) is 87.2 Å². The number of ether oxygens (including phenoxy) is 1. The molecule has 0 radical (unpaired) electrons. The molecule has 0 aliphatic carbocycles. The summed E-state index contributed by atoms with van der Waals surface area (Å²) in [6.07, 6.45) is 3.06. The van der Waals surface area contributed by atoms with Gasteiger partial charge in [0.15, 0.2) is 0 Å². The summed E-state index contributed by atoms with van der Waals surface area (Å²) in [5.41, 5.74) is 1.79. The number of aromatic nitrogens is 3. The SMILES string of the molecule is COc1cccc(-n2ccnc2S(=O)(=O)Cc2c(C)noc2C)c1. The molecule has 0 bridgehead atoms. The number of nitrogens with zero attached hydrogens (tertiary/aromatic N) is 3. The van der Waals surface area contributed by atoms with E-state index in [4.69, 9.17) is 9.26 Å².